The summed E-state index contributed by atoms with van der Waals surface area (Å²) in [4.78, 5) is 24.0. The molecule has 1 N–H and O–H groups in total. The van der Waals surface area contributed by atoms with Crippen molar-refractivity contribution in [1.82, 2.24) is 5.32 Å². The molecule has 2 rings (SSSR count). The summed E-state index contributed by atoms with van der Waals surface area (Å²) in [7, 11) is 0. The number of amides is 1. The van der Waals surface area contributed by atoms with Gasteiger partial charge in [-0.2, -0.15) is 0 Å². The number of ether oxygens (including phenoxy) is 1. The lowest BCUT2D eigenvalue weighted by molar-refractivity contribution is -0.125. The first-order valence-corrected chi connectivity index (χ1v) is 8.49. The van der Waals surface area contributed by atoms with E-state index in [1.54, 1.807) is 0 Å². The molecule has 0 aliphatic rings. The molecule has 0 spiro atoms. The number of hydrogen-bond donors (Lipinski definition) is 1. The molecule has 1 aromatic heterocycles. The predicted octanol–water partition coefficient (Wildman–Crippen LogP) is 4.16. The van der Waals surface area contributed by atoms with E-state index in [2.05, 4.69) is 5.32 Å². The number of nitrogens with one attached hydrogen (secondary N) is 1. The van der Waals surface area contributed by atoms with Crippen LogP contribution in [0.15, 0.2) is 18.2 Å². The summed E-state index contributed by atoms with van der Waals surface area (Å²) in [6.07, 6.45) is 1.62. The molecule has 2 aromatic rings. The first-order chi connectivity index (χ1) is 11.0. The smallest absolute Gasteiger partial charge is 0.350 e. The molecule has 0 fully saturated rings. The van der Waals surface area contributed by atoms with E-state index < -0.39 is 11.8 Å². The first-order valence-electron chi connectivity index (χ1n) is 7.30. The van der Waals surface area contributed by atoms with Crippen molar-refractivity contribution in [2.45, 2.75) is 32.7 Å². The summed E-state index contributed by atoms with van der Waals surface area (Å²) < 4.78 is 18.8. The minimum absolute atomic E-state index is 0.0668. The van der Waals surface area contributed by atoms with Gasteiger partial charge in [0.05, 0.1) is 5.02 Å². The zero-order chi connectivity index (χ0) is 17.0. The molecular weight excluding hydrogens is 341 g/mol. The molecule has 4 nitrogen and oxygen atoms in total. The molecule has 0 bridgehead atoms. The average Bonchev–Trinajstić information content (AvgIpc) is 2.86. The minimum atomic E-state index is -0.684. The maximum absolute atomic E-state index is 13.2. The monoisotopic (exact) mass is 357 g/mol. The van der Waals surface area contributed by atoms with E-state index in [0.29, 0.717) is 10.1 Å². The number of benzene rings is 1. The number of thiophene rings is 1. The Kier molecular flexibility index (Phi) is 5.96. The Bertz CT molecular complexity index is 727. The van der Waals surface area contributed by atoms with E-state index in [1.807, 2.05) is 13.8 Å². The van der Waals surface area contributed by atoms with E-state index in [-0.39, 0.29) is 28.5 Å². The van der Waals surface area contributed by atoms with E-state index in [4.69, 9.17) is 16.3 Å². The van der Waals surface area contributed by atoms with Gasteiger partial charge in [0.25, 0.3) is 5.91 Å². The van der Waals surface area contributed by atoms with Gasteiger partial charge in [-0.05, 0) is 31.0 Å². The molecule has 0 aliphatic heterocycles. The van der Waals surface area contributed by atoms with Crippen LogP contribution in [0.5, 0.6) is 0 Å². The van der Waals surface area contributed by atoms with Gasteiger partial charge in [0, 0.05) is 16.1 Å². The third-order valence-electron chi connectivity index (χ3n) is 3.46. The average molecular weight is 358 g/mol. The van der Waals surface area contributed by atoms with Crippen LogP contribution in [-0.4, -0.2) is 24.5 Å². The molecule has 0 aliphatic carbocycles. The van der Waals surface area contributed by atoms with Crippen molar-refractivity contribution in [1.29, 1.82) is 0 Å². The van der Waals surface area contributed by atoms with Crippen LogP contribution >= 0.6 is 22.9 Å². The molecule has 1 amide bonds. The van der Waals surface area contributed by atoms with Crippen molar-refractivity contribution in [3.05, 3.63) is 33.9 Å². The van der Waals surface area contributed by atoms with Crippen LogP contribution in [0.1, 0.15) is 36.4 Å². The maximum Gasteiger partial charge on any atom is 0.350 e. The number of halogens is 2. The standard InChI is InChI=1S/C16H17ClFNO3S/c1-3-10(4-2)19-13(20)8-22-16(21)15-14(17)11-6-5-9(18)7-12(11)23-15/h5-7,10H,3-4,8H2,1-2H3,(H,19,20). The number of fused-ring (bicyclic) bond motifs is 1. The van der Waals surface area contributed by atoms with Crippen molar-refractivity contribution in [2.24, 2.45) is 0 Å². The van der Waals surface area contributed by atoms with Gasteiger partial charge in [-0.3, -0.25) is 4.79 Å². The molecule has 1 aromatic carbocycles. The molecule has 124 valence electrons. The summed E-state index contributed by atoms with van der Waals surface area (Å²) >= 11 is 7.18. The molecule has 1 heterocycles. The lowest BCUT2D eigenvalue weighted by atomic mass is 10.2. The molecule has 7 heteroatoms. The highest BCUT2D eigenvalue weighted by atomic mass is 35.5. The SMILES string of the molecule is CCC(CC)NC(=O)COC(=O)c1sc2cc(F)ccc2c1Cl. The number of carbonyl (C=O) groups is 2. The fraction of sp³-hybridized carbons (Fsp3) is 0.375. The Morgan fingerprint density at radius 1 is 1.35 bits per heavy atom. The normalized spacial score (nSPS) is 11.0. The summed E-state index contributed by atoms with van der Waals surface area (Å²) in [6, 6.07) is 4.17. The maximum atomic E-state index is 13.2. The lowest BCUT2D eigenvalue weighted by Crippen LogP contribution is -2.36. The third kappa shape index (κ3) is 4.20. The van der Waals surface area contributed by atoms with E-state index in [9.17, 15) is 14.0 Å². The summed E-state index contributed by atoms with van der Waals surface area (Å²) in [5.74, 6) is -1.44. The van der Waals surface area contributed by atoms with E-state index >= 15 is 0 Å². The van der Waals surface area contributed by atoms with E-state index in [0.717, 1.165) is 24.2 Å². The Hall–Kier alpha value is -1.66. The Morgan fingerprint density at radius 2 is 2.04 bits per heavy atom. The highest BCUT2D eigenvalue weighted by molar-refractivity contribution is 7.21. The van der Waals surface area contributed by atoms with Gasteiger partial charge >= 0.3 is 5.97 Å². The second-order valence-electron chi connectivity index (χ2n) is 5.04. The van der Waals surface area contributed by atoms with Crippen molar-refractivity contribution in [3.63, 3.8) is 0 Å². The van der Waals surface area contributed by atoms with Crippen LogP contribution in [0.4, 0.5) is 4.39 Å². The van der Waals surface area contributed by atoms with Crippen LogP contribution in [0, 0.1) is 5.82 Å². The van der Waals surface area contributed by atoms with Gasteiger partial charge in [0.2, 0.25) is 0 Å². The molecule has 0 saturated carbocycles. The Morgan fingerprint density at radius 3 is 2.70 bits per heavy atom. The number of esters is 1. The lowest BCUT2D eigenvalue weighted by Gasteiger charge is -2.14. The molecular formula is C16H17ClFNO3S. The van der Waals surface area contributed by atoms with Gasteiger partial charge in [-0.1, -0.05) is 25.4 Å². The fourth-order valence-corrected chi connectivity index (χ4v) is 3.56. The number of rotatable bonds is 6. The zero-order valence-corrected chi connectivity index (χ0v) is 14.4. The van der Waals surface area contributed by atoms with Crippen LogP contribution in [-0.2, 0) is 9.53 Å². The molecule has 0 atom stereocenters. The van der Waals surface area contributed by atoms with Gasteiger partial charge < -0.3 is 10.1 Å². The highest BCUT2D eigenvalue weighted by Crippen LogP contribution is 2.36. The molecule has 0 unspecified atom stereocenters. The van der Waals surface area contributed by atoms with Crippen LogP contribution in [0.25, 0.3) is 10.1 Å². The summed E-state index contributed by atoms with van der Waals surface area (Å²) in [6.45, 7) is 3.57. The molecule has 0 radical (unpaired) electrons. The number of hydrogen-bond acceptors (Lipinski definition) is 4. The predicted molar refractivity (Wildman–Crippen MR) is 89.6 cm³/mol. The van der Waals surface area contributed by atoms with Crippen LogP contribution in [0.3, 0.4) is 0 Å². The fourth-order valence-electron chi connectivity index (χ4n) is 2.13. The molecule has 23 heavy (non-hydrogen) atoms. The van der Waals surface area contributed by atoms with Crippen molar-refractivity contribution in [2.75, 3.05) is 6.61 Å². The quantitative estimate of drug-likeness (QED) is 0.790. The largest absolute Gasteiger partial charge is 0.451 e. The highest BCUT2D eigenvalue weighted by Gasteiger charge is 2.20. The minimum Gasteiger partial charge on any atom is -0.451 e. The second kappa shape index (κ2) is 7.75. The van der Waals surface area contributed by atoms with Crippen LogP contribution in [0.2, 0.25) is 5.02 Å². The van der Waals surface area contributed by atoms with Gasteiger partial charge in [-0.15, -0.1) is 11.3 Å². The Labute approximate surface area is 142 Å². The van der Waals surface area contributed by atoms with Crippen molar-refractivity contribution < 1.29 is 18.7 Å². The third-order valence-corrected chi connectivity index (χ3v) is 5.10. The second-order valence-corrected chi connectivity index (χ2v) is 6.47. The summed E-state index contributed by atoms with van der Waals surface area (Å²) in [5.41, 5.74) is 0. The summed E-state index contributed by atoms with van der Waals surface area (Å²) in [5, 5.41) is 3.58. The zero-order valence-electron chi connectivity index (χ0n) is 12.8. The van der Waals surface area contributed by atoms with Crippen molar-refractivity contribution >= 4 is 44.9 Å². The number of carbonyl (C=O) groups excluding carboxylic acids is 2. The topological polar surface area (TPSA) is 55.4 Å². The van der Waals surface area contributed by atoms with E-state index in [1.165, 1.54) is 18.2 Å². The van der Waals surface area contributed by atoms with Crippen LogP contribution < -0.4 is 5.32 Å². The van der Waals surface area contributed by atoms with Gasteiger partial charge in [0.1, 0.15) is 10.7 Å². The Balaban J connectivity index is 2.04. The van der Waals surface area contributed by atoms with Gasteiger partial charge in [0.15, 0.2) is 6.61 Å². The molecule has 0 saturated heterocycles. The van der Waals surface area contributed by atoms with Gasteiger partial charge in [-0.25, -0.2) is 9.18 Å². The first kappa shape index (κ1) is 17.7. The van der Waals surface area contributed by atoms with Crippen molar-refractivity contribution in [3.8, 4) is 0 Å².